The summed E-state index contributed by atoms with van der Waals surface area (Å²) in [5.74, 6) is 0.379. The summed E-state index contributed by atoms with van der Waals surface area (Å²) < 4.78 is 0. The predicted octanol–water partition coefficient (Wildman–Crippen LogP) is 2.80. The quantitative estimate of drug-likeness (QED) is 0.652. The van der Waals surface area contributed by atoms with Gasteiger partial charge in [0, 0.05) is 18.2 Å². The van der Waals surface area contributed by atoms with Crippen LogP contribution in [-0.4, -0.2) is 45.9 Å². The van der Waals surface area contributed by atoms with Crippen molar-refractivity contribution in [2.75, 3.05) is 13.1 Å². The van der Waals surface area contributed by atoms with Gasteiger partial charge in [-0.3, -0.25) is 19.8 Å². The van der Waals surface area contributed by atoms with Crippen molar-refractivity contribution in [3.63, 3.8) is 0 Å². The number of nitro groups is 1. The lowest BCUT2D eigenvalue weighted by atomic mass is 9.79. The van der Waals surface area contributed by atoms with E-state index in [1.54, 1.807) is 30.3 Å². The second kappa shape index (κ2) is 6.57. The van der Waals surface area contributed by atoms with E-state index in [1.165, 1.54) is 6.07 Å². The second-order valence-electron chi connectivity index (χ2n) is 7.17. The first-order valence-electron chi connectivity index (χ1n) is 9.02. The molecule has 7 nitrogen and oxygen atoms in total. The highest BCUT2D eigenvalue weighted by atomic mass is 16.6. The third kappa shape index (κ3) is 2.88. The number of hydrogen-bond donors (Lipinski definition) is 2. The molecule has 5 rings (SSSR count). The Hall–Kier alpha value is -2.67. The van der Waals surface area contributed by atoms with E-state index in [2.05, 4.69) is 22.1 Å². The molecule has 7 heteroatoms. The molecular formula is C19H22N4O3. The molecule has 1 amide bonds. The summed E-state index contributed by atoms with van der Waals surface area (Å²) in [5, 5.41) is 14.4. The number of aromatic amines is 1. The monoisotopic (exact) mass is 354 g/mol. The summed E-state index contributed by atoms with van der Waals surface area (Å²) in [5.41, 5.74) is 1.51. The molecule has 3 aliphatic heterocycles. The molecule has 1 aromatic heterocycles. The molecule has 2 N–H and O–H groups in total. The number of H-pyrrole nitrogens is 1. The van der Waals surface area contributed by atoms with Gasteiger partial charge in [0.1, 0.15) is 5.69 Å². The zero-order valence-corrected chi connectivity index (χ0v) is 14.6. The summed E-state index contributed by atoms with van der Waals surface area (Å²) in [6.07, 6.45) is 2.25. The van der Waals surface area contributed by atoms with Crippen molar-refractivity contribution >= 4 is 11.6 Å². The summed E-state index contributed by atoms with van der Waals surface area (Å²) in [6, 6.07) is 10.4. The summed E-state index contributed by atoms with van der Waals surface area (Å²) in [4.78, 5) is 29.0. The number of piperidine rings is 3. The fraction of sp³-hybridized carbons (Fsp3) is 0.421. The molecule has 1 aromatic carbocycles. The van der Waals surface area contributed by atoms with Gasteiger partial charge in [0.05, 0.1) is 16.2 Å². The van der Waals surface area contributed by atoms with Crippen molar-refractivity contribution in [1.29, 1.82) is 0 Å². The van der Waals surface area contributed by atoms with Gasteiger partial charge in [-0.25, -0.2) is 0 Å². The van der Waals surface area contributed by atoms with Crippen LogP contribution in [0.1, 0.15) is 30.3 Å². The molecule has 3 fully saturated rings. The molecule has 3 aliphatic rings. The van der Waals surface area contributed by atoms with E-state index < -0.39 is 4.92 Å². The number of nitro benzene ring substituents is 1. The number of nitrogens with zero attached hydrogens (tertiary/aromatic N) is 2. The number of carbonyl (C=O) groups is 1. The van der Waals surface area contributed by atoms with Gasteiger partial charge in [0.15, 0.2) is 0 Å². The van der Waals surface area contributed by atoms with E-state index in [4.69, 9.17) is 0 Å². The third-order valence-electron chi connectivity index (χ3n) is 5.80. The van der Waals surface area contributed by atoms with Crippen molar-refractivity contribution in [2.45, 2.75) is 31.8 Å². The molecule has 0 saturated carbocycles. The summed E-state index contributed by atoms with van der Waals surface area (Å²) in [6.45, 7) is 4.40. The minimum atomic E-state index is -0.412. The van der Waals surface area contributed by atoms with Crippen molar-refractivity contribution < 1.29 is 9.72 Å². The van der Waals surface area contributed by atoms with E-state index in [0.29, 0.717) is 28.9 Å². The standard InChI is InChI=1S/C19H22N4O3/c1-12-18(13-8-10-22(12)11-9-13)21-19(24)16-7-6-15(20-16)14-4-2-3-5-17(14)23(25)26/h2-7,12-13,18,20H,8-11H2,1H3,(H,21,24)/t12-,18-/m0/s1. The van der Waals surface area contributed by atoms with Gasteiger partial charge in [-0.15, -0.1) is 0 Å². The second-order valence-corrected chi connectivity index (χ2v) is 7.17. The van der Waals surface area contributed by atoms with Gasteiger partial charge in [-0.2, -0.15) is 0 Å². The Bertz CT molecular complexity index is 837. The molecule has 4 heterocycles. The maximum atomic E-state index is 12.7. The van der Waals surface area contributed by atoms with E-state index in [-0.39, 0.29) is 17.6 Å². The first-order chi connectivity index (χ1) is 12.5. The Balaban J connectivity index is 1.53. The number of carbonyl (C=O) groups excluding carboxylic acids is 1. The van der Waals surface area contributed by atoms with Crippen LogP contribution in [0.25, 0.3) is 11.3 Å². The molecule has 3 saturated heterocycles. The molecule has 2 bridgehead atoms. The Morgan fingerprint density at radius 3 is 2.65 bits per heavy atom. The highest BCUT2D eigenvalue weighted by Gasteiger charge is 2.40. The highest BCUT2D eigenvalue weighted by Crippen LogP contribution is 2.32. The molecule has 136 valence electrons. The van der Waals surface area contributed by atoms with Crippen molar-refractivity contribution in [1.82, 2.24) is 15.2 Å². The Morgan fingerprint density at radius 1 is 1.23 bits per heavy atom. The zero-order chi connectivity index (χ0) is 18.3. The van der Waals surface area contributed by atoms with Crippen LogP contribution in [0.4, 0.5) is 5.69 Å². The van der Waals surface area contributed by atoms with E-state index in [1.807, 2.05) is 0 Å². The van der Waals surface area contributed by atoms with Crippen molar-refractivity contribution in [3.05, 3.63) is 52.2 Å². The summed E-state index contributed by atoms with van der Waals surface area (Å²) >= 11 is 0. The fourth-order valence-electron chi connectivity index (χ4n) is 4.32. The van der Waals surface area contributed by atoms with Gasteiger partial charge < -0.3 is 10.3 Å². The number of nitrogens with one attached hydrogen (secondary N) is 2. The number of fused-ring (bicyclic) bond motifs is 3. The third-order valence-corrected chi connectivity index (χ3v) is 5.80. The van der Waals surface area contributed by atoms with Crippen LogP contribution >= 0.6 is 0 Å². The highest BCUT2D eigenvalue weighted by molar-refractivity contribution is 5.94. The maximum absolute atomic E-state index is 12.7. The van der Waals surface area contributed by atoms with Crippen LogP contribution in [0, 0.1) is 16.0 Å². The SMILES string of the molecule is C[C@H]1[C@H](NC(=O)c2ccc(-c3ccccc3[N+](=O)[O-])[nH]2)C2CCN1CC2. The van der Waals surface area contributed by atoms with Crippen LogP contribution in [0.2, 0.25) is 0 Å². The van der Waals surface area contributed by atoms with E-state index in [9.17, 15) is 14.9 Å². The average Bonchev–Trinajstić information content (AvgIpc) is 3.15. The van der Waals surface area contributed by atoms with E-state index >= 15 is 0 Å². The molecule has 0 radical (unpaired) electrons. The number of benzene rings is 1. The van der Waals surface area contributed by atoms with Crippen LogP contribution in [-0.2, 0) is 0 Å². The van der Waals surface area contributed by atoms with Crippen molar-refractivity contribution in [3.8, 4) is 11.3 Å². The molecule has 0 spiro atoms. The number of hydrogen-bond acceptors (Lipinski definition) is 4. The van der Waals surface area contributed by atoms with Crippen molar-refractivity contribution in [2.24, 2.45) is 5.92 Å². The number of aromatic nitrogens is 1. The normalized spacial score (nSPS) is 27.3. The van der Waals surface area contributed by atoms with Crippen LogP contribution in [0.15, 0.2) is 36.4 Å². The lowest BCUT2D eigenvalue weighted by molar-refractivity contribution is -0.384. The molecule has 2 aromatic rings. The van der Waals surface area contributed by atoms with Gasteiger partial charge in [0.25, 0.3) is 11.6 Å². The van der Waals surface area contributed by atoms with Gasteiger partial charge in [0.2, 0.25) is 0 Å². The van der Waals surface area contributed by atoms with Gasteiger partial charge in [-0.1, -0.05) is 12.1 Å². The Kier molecular flexibility index (Phi) is 4.24. The first-order valence-corrected chi connectivity index (χ1v) is 9.02. The fourth-order valence-corrected chi connectivity index (χ4v) is 4.32. The minimum Gasteiger partial charge on any atom is -0.350 e. The van der Waals surface area contributed by atoms with Crippen LogP contribution < -0.4 is 5.32 Å². The average molecular weight is 354 g/mol. The van der Waals surface area contributed by atoms with Crippen LogP contribution in [0.3, 0.4) is 0 Å². The lowest BCUT2D eigenvalue weighted by Gasteiger charge is -2.49. The largest absolute Gasteiger partial charge is 0.350 e. The van der Waals surface area contributed by atoms with Crippen LogP contribution in [0.5, 0.6) is 0 Å². The molecule has 26 heavy (non-hydrogen) atoms. The molecule has 2 atom stereocenters. The zero-order valence-electron chi connectivity index (χ0n) is 14.6. The topological polar surface area (TPSA) is 91.3 Å². The first kappa shape index (κ1) is 16.8. The summed E-state index contributed by atoms with van der Waals surface area (Å²) in [7, 11) is 0. The Labute approximate surface area is 151 Å². The Morgan fingerprint density at radius 2 is 1.96 bits per heavy atom. The number of para-hydroxylation sites is 1. The predicted molar refractivity (Wildman–Crippen MR) is 97.9 cm³/mol. The van der Waals surface area contributed by atoms with Gasteiger partial charge >= 0.3 is 0 Å². The lowest BCUT2D eigenvalue weighted by Crippen LogP contribution is -2.62. The molecular weight excluding hydrogens is 332 g/mol. The smallest absolute Gasteiger partial charge is 0.278 e. The number of rotatable bonds is 4. The minimum absolute atomic E-state index is 0.0207. The maximum Gasteiger partial charge on any atom is 0.278 e. The number of amides is 1. The molecule has 0 aliphatic carbocycles. The van der Waals surface area contributed by atoms with E-state index in [0.717, 1.165) is 25.9 Å². The van der Waals surface area contributed by atoms with Gasteiger partial charge in [-0.05, 0) is 57.0 Å². The molecule has 0 unspecified atom stereocenters.